The second-order valence-electron chi connectivity index (χ2n) is 6.66. The Morgan fingerprint density at radius 1 is 1.26 bits per heavy atom. The molecule has 0 bridgehead atoms. The van der Waals surface area contributed by atoms with E-state index in [0.717, 1.165) is 32.1 Å². The summed E-state index contributed by atoms with van der Waals surface area (Å²) in [4.78, 5) is 24.7. The van der Waals surface area contributed by atoms with Crippen molar-refractivity contribution in [1.82, 2.24) is 20.2 Å². The smallest absolute Gasteiger partial charge is 0.317 e. The Kier molecular flexibility index (Phi) is 3.93. The Balaban J connectivity index is 1.39. The van der Waals surface area contributed by atoms with Crippen molar-refractivity contribution in [1.29, 1.82) is 0 Å². The number of aromatic nitrogens is 2. The summed E-state index contributed by atoms with van der Waals surface area (Å²) in [6, 6.07) is 0.274. The number of nitrogens with one attached hydrogen (secondary N) is 1. The highest BCUT2D eigenvalue weighted by Gasteiger charge is 2.35. The zero-order valence-electron chi connectivity index (χ0n) is 13.3. The van der Waals surface area contributed by atoms with Crippen LogP contribution < -0.4 is 15.0 Å². The van der Waals surface area contributed by atoms with Gasteiger partial charge in [-0.1, -0.05) is 12.8 Å². The van der Waals surface area contributed by atoms with Gasteiger partial charge in [-0.05, 0) is 18.8 Å². The van der Waals surface area contributed by atoms with Crippen molar-refractivity contribution < 1.29 is 9.53 Å². The summed E-state index contributed by atoms with van der Waals surface area (Å²) >= 11 is 0. The molecule has 1 aliphatic carbocycles. The quantitative estimate of drug-likeness (QED) is 0.905. The number of carbonyl (C=O) groups excluding carboxylic acids is 1. The fourth-order valence-electron chi connectivity index (χ4n) is 3.75. The van der Waals surface area contributed by atoms with Crippen LogP contribution in [-0.2, 0) is 0 Å². The fourth-order valence-corrected chi connectivity index (χ4v) is 3.75. The molecule has 2 saturated heterocycles. The van der Waals surface area contributed by atoms with Gasteiger partial charge in [0.05, 0.1) is 25.0 Å². The summed E-state index contributed by atoms with van der Waals surface area (Å²) < 4.78 is 5.85. The molecule has 2 aliphatic heterocycles. The zero-order chi connectivity index (χ0) is 15.6. The van der Waals surface area contributed by atoms with Gasteiger partial charge in [-0.15, -0.1) is 0 Å². The van der Waals surface area contributed by atoms with Crippen LogP contribution in [0.5, 0.6) is 5.88 Å². The molecule has 7 heteroatoms. The molecule has 23 heavy (non-hydrogen) atoms. The Hall–Kier alpha value is -2.05. The lowest BCUT2D eigenvalue weighted by Gasteiger charge is -2.36. The average molecular weight is 317 g/mol. The molecule has 1 saturated carbocycles. The average Bonchev–Trinajstić information content (AvgIpc) is 3.23. The summed E-state index contributed by atoms with van der Waals surface area (Å²) in [5.74, 6) is 2.12. The molecule has 1 aromatic rings. The molecule has 1 atom stereocenters. The summed E-state index contributed by atoms with van der Waals surface area (Å²) in [7, 11) is 0. The highest BCUT2D eigenvalue weighted by atomic mass is 16.5. The molecule has 3 heterocycles. The highest BCUT2D eigenvalue weighted by Crippen LogP contribution is 2.26. The third-order valence-corrected chi connectivity index (χ3v) is 5.10. The minimum Gasteiger partial charge on any atom is -0.476 e. The van der Waals surface area contributed by atoms with Gasteiger partial charge < -0.3 is 19.9 Å². The molecule has 0 aromatic carbocycles. The number of piperazine rings is 1. The van der Waals surface area contributed by atoms with Crippen molar-refractivity contribution in [2.24, 2.45) is 5.92 Å². The number of urea groups is 1. The molecule has 1 aromatic heterocycles. The number of rotatable bonds is 4. The number of amides is 2. The van der Waals surface area contributed by atoms with E-state index in [2.05, 4.69) is 20.2 Å². The van der Waals surface area contributed by atoms with Crippen LogP contribution >= 0.6 is 0 Å². The SMILES string of the molecule is O=C1NCC2CN(c3cncc(OCC4CCCC4)n3)CCN12. The van der Waals surface area contributed by atoms with E-state index in [0.29, 0.717) is 18.3 Å². The molecular formula is C16H23N5O2. The fraction of sp³-hybridized carbons (Fsp3) is 0.688. The number of ether oxygens (including phenoxy) is 1. The van der Waals surface area contributed by atoms with Gasteiger partial charge >= 0.3 is 6.03 Å². The van der Waals surface area contributed by atoms with Crippen LogP contribution in [-0.4, -0.2) is 59.7 Å². The van der Waals surface area contributed by atoms with E-state index < -0.39 is 0 Å². The largest absolute Gasteiger partial charge is 0.476 e. The van der Waals surface area contributed by atoms with Crippen LogP contribution in [0.2, 0.25) is 0 Å². The maximum absolute atomic E-state index is 11.7. The molecule has 1 N–H and O–H groups in total. The van der Waals surface area contributed by atoms with Crippen LogP contribution in [0, 0.1) is 5.92 Å². The minimum atomic E-state index is 0.0504. The number of carbonyl (C=O) groups is 1. The third-order valence-electron chi connectivity index (χ3n) is 5.10. The molecule has 1 unspecified atom stereocenters. The number of fused-ring (bicyclic) bond motifs is 1. The predicted molar refractivity (Wildman–Crippen MR) is 85.6 cm³/mol. The lowest BCUT2D eigenvalue weighted by molar-refractivity contribution is 0.197. The summed E-state index contributed by atoms with van der Waals surface area (Å²) in [5, 5.41) is 2.90. The topological polar surface area (TPSA) is 70.6 Å². The maximum Gasteiger partial charge on any atom is 0.317 e. The summed E-state index contributed by atoms with van der Waals surface area (Å²) in [6.45, 7) is 3.75. The van der Waals surface area contributed by atoms with E-state index in [1.807, 2.05) is 4.90 Å². The first-order valence-corrected chi connectivity index (χ1v) is 8.54. The van der Waals surface area contributed by atoms with Gasteiger partial charge in [0, 0.05) is 26.2 Å². The Morgan fingerprint density at radius 2 is 2.13 bits per heavy atom. The van der Waals surface area contributed by atoms with Crippen LogP contribution in [0.1, 0.15) is 25.7 Å². The minimum absolute atomic E-state index is 0.0504. The summed E-state index contributed by atoms with van der Waals surface area (Å²) in [5.41, 5.74) is 0. The number of anilines is 1. The van der Waals surface area contributed by atoms with Crippen LogP contribution in [0.15, 0.2) is 12.4 Å². The molecule has 3 aliphatic rings. The normalized spacial score (nSPS) is 24.7. The lowest BCUT2D eigenvalue weighted by atomic mass is 10.1. The van der Waals surface area contributed by atoms with Gasteiger partial charge in [0.1, 0.15) is 0 Å². The van der Waals surface area contributed by atoms with E-state index in [9.17, 15) is 4.79 Å². The van der Waals surface area contributed by atoms with Crippen molar-refractivity contribution in [3.05, 3.63) is 12.4 Å². The van der Waals surface area contributed by atoms with E-state index >= 15 is 0 Å². The molecule has 7 nitrogen and oxygen atoms in total. The van der Waals surface area contributed by atoms with Crippen molar-refractivity contribution in [3.63, 3.8) is 0 Å². The van der Waals surface area contributed by atoms with E-state index in [1.54, 1.807) is 12.4 Å². The number of hydrogen-bond donors (Lipinski definition) is 1. The second kappa shape index (κ2) is 6.22. The van der Waals surface area contributed by atoms with Crippen LogP contribution in [0.25, 0.3) is 0 Å². The molecule has 3 fully saturated rings. The van der Waals surface area contributed by atoms with Gasteiger partial charge in [-0.25, -0.2) is 4.79 Å². The Bertz CT molecular complexity index is 575. The van der Waals surface area contributed by atoms with Gasteiger partial charge in [0.15, 0.2) is 5.82 Å². The monoisotopic (exact) mass is 317 g/mol. The first-order valence-electron chi connectivity index (χ1n) is 8.54. The van der Waals surface area contributed by atoms with Crippen molar-refractivity contribution in [2.45, 2.75) is 31.7 Å². The first-order chi connectivity index (χ1) is 11.3. The predicted octanol–water partition coefficient (Wildman–Crippen LogP) is 1.26. The van der Waals surface area contributed by atoms with Crippen LogP contribution in [0.3, 0.4) is 0 Å². The van der Waals surface area contributed by atoms with Crippen molar-refractivity contribution in [3.8, 4) is 5.88 Å². The Labute approximate surface area is 136 Å². The molecule has 0 spiro atoms. The number of nitrogens with zero attached hydrogens (tertiary/aromatic N) is 4. The van der Waals surface area contributed by atoms with E-state index in [1.165, 1.54) is 25.7 Å². The first kappa shape index (κ1) is 14.5. The van der Waals surface area contributed by atoms with Gasteiger partial charge in [-0.3, -0.25) is 4.98 Å². The molecule has 4 rings (SSSR count). The van der Waals surface area contributed by atoms with E-state index in [4.69, 9.17) is 4.74 Å². The van der Waals surface area contributed by atoms with Gasteiger partial charge in [0.2, 0.25) is 5.88 Å². The Morgan fingerprint density at radius 3 is 3.00 bits per heavy atom. The lowest BCUT2D eigenvalue weighted by Crippen LogP contribution is -2.52. The van der Waals surface area contributed by atoms with Gasteiger partial charge in [-0.2, -0.15) is 4.98 Å². The molecule has 2 amide bonds. The molecule has 124 valence electrons. The zero-order valence-corrected chi connectivity index (χ0v) is 13.3. The van der Waals surface area contributed by atoms with E-state index in [-0.39, 0.29) is 12.1 Å². The summed E-state index contributed by atoms with van der Waals surface area (Å²) in [6.07, 6.45) is 8.63. The second-order valence-corrected chi connectivity index (χ2v) is 6.66. The van der Waals surface area contributed by atoms with Crippen molar-refractivity contribution in [2.75, 3.05) is 37.7 Å². The third kappa shape index (κ3) is 3.04. The molecule has 0 radical (unpaired) electrons. The highest BCUT2D eigenvalue weighted by molar-refractivity contribution is 5.77. The standard InChI is InChI=1S/C16H23N5O2/c22-16-18-7-13-10-20(5-6-21(13)16)14-8-17-9-15(19-14)23-11-12-3-1-2-4-12/h8-9,12-13H,1-7,10-11H2,(H,18,22). The molecular weight excluding hydrogens is 294 g/mol. The maximum atomic E-state index is 11.7. The van der Waals surface area contributed by atoms with Crippen LogP contribution in [0.4, 0.5) is 10.6 Å². The number of hydrogen-bond acceptors (Lipinski definition) is 5. The van der Waals surface area contributed by atoms with Gasteiger partial charge in [0.25, 0.3) is 0 Å². The van der Waals surface area contributed by atoms with Crippen molar-refractivity contribution >= 4 is 11.8 Å².